The van der Waals surface area contributed by atoms with Gasteiger partial charge in [-0.25, -0.2) is 0 Å². The molecule has 4 rings (SSSR count). The lowest BCUT2D eigenvalue weighted by Gasteiger charge is -2.36. The van der Waals surface area contributed by atoms with Crippen LogP contribution in [0.3, 0.4) is 0 Å². The lowest BCUT2D eigenvalue weighted by molar-refractivity contribution is -0.134. The van der Waals surface area contributed by atoms with Crippen molar-refractivity contribution in [2.75, 3.05) is 45.0 Å². The first-order valence-electron chi connectivity index (χ1n) is 9.60. The van der Waals surface area contributed by atoms with Crippen molar-refractivity contribution < 1.29 is 9.59 Å². The number of aryl methyl sites for hydroxylation is 1. The smallest absolute Gasteiger partial charge is 0.233 e. The van der Waals surface area contributed by atoms with E-state index in [1.54, 1.807) is 11.8 Å². The molecule has 6 heteroatoms. The Morgan fingerprint density at radius 3 is 2.62 bits per heavy atom. The van der Waals surface area contributed by atoms with Crippen LogP contribution in [0, 0.1) is 12.8 Å². The number of hydrogen-bond acceptors (Lipinski definition) is 4. The average molecular weight is 374 g/mol. The van der Waals surface area contributed by atoms with E-state index < -0.39 is 0 Å². The minimum absolute atomic E-state index is 0.139. The summed E-state index contributed by atoms with van der Waals surface area (Å²) >= 11 is 1.73. The molecule has 0 aromatic heterocycles. The molecule has 26 heavy (non-hydrogen) atoms. The fourth-order valence-corrected chi connectivity index (χ4v) is 5.03. The van der Waals surface area contributed by atoms with Gasteiger partial charge in [-0.1, -0.05) is 29.8 Å². The zero-order chi connectivity index (χ0) is 18.1. The predicted molar refractivity (Wildman–Crippen MR) is 104 cm³/mol. The van der Waals surface area contributed by atoms with Crippen molar-refractivity contribution in [3.8, 4) is 0 Å². The lowest BCUT2D eigenvalue weighted by atomic mass is 10.1. The molecule has 2 amide bonds. The fraction of sp³-hybridized carbons (Fsp3) is 0.600. The van der Waals surface area contributed by atoms with Gasteiger partial charge in [0.05, 0.1) is 5.75 Å². The van der Waals surface area contributed by atoms with E-state index in [-0.39, 0.29) is 11.3 Å². The topological polar surface area (TPSA) is 43.9 Å². The summed E-state index contributed by atoms with van der Waals surface area (Å²) in [5, 5.41) is 0.139. The maximum Gasteiger partial charge on any atom is 0.233 e. The van der Waals surface area contributed by atoms with Gasteiger partial charge >= 0.3 is 0 Å². The van der Waals surface area contributed by atoms with Gasteiger partial charge in [0.2, 0.25) is 11.8 Å². The largest absolute Gasteiger partial charge is 0.340 e. The van der Waals surface area contributed by atoms with Crippen LogP contribution in [-0.4, -0.2) is 71.5 Å². The number of amides is 2. The lowest BCUT2D eigenvalue weighted by Crippen LogP contribution is -2.50. The van der Waals surface area contributed by atoms with Crippen LogP contribution in [0.5, 0.6) is 0 Å². The summed E-state index contributed by atoms with van der Waals surface area (Å²) in [5.41, 5.74) is 2.46. The van der Waals surface area contributed by atoms with Crippen molar-refractivity contribution in [1.29, 1.82) is 0 Å². The molecular formula is C20H27N3O2S. The first-order valence-corrected chi connectivity index (χ1v) is 10.7. The molecule has 5 nitrogen and oxygen atoms in total. The molecule has 0 spiro atoms. The molecule has 140 valence electrons. The predicted octanol–water partition coefficient (Wildman–Crippen LogP) is 2.12. The molecule has 1 aromatic rings. The molecular weight excluding hydrogens is 346 g/mol. The molecule has 1 aromatic carbocycles. The third-order valence-corrected chi connectivity index (χ3v) is 6.82. The number of thioether (sulfide) groups is 1. The number of hydrogen-bond donors (Lipinski definition) is 0. The van der Waals surface area contributed by atoms with Crippen molar-refractivity contribution in [3.05, 3.63) is 35.4 Å². The van der Waals surface area contributed by atoms with Gasteiger partial charge in [-0.3, -0.25) is 14.5 Å². The highest BCUT2D eigenvalue weighted by atomic mass is 32.2. The quantitative estimate of drug-likeness (QED) is 0.793. The Balaban J connectivity index is 1.30. The standard InChI is InChI=1S/C20H27N3O2S/c1-15-3-2-4-17(13-15)20-23(18(24)14-26-20)12-9-21-7-10-22(11-8-21)19(25)16-5-6-16/h2-4,13,16,20H,5-12,14H2,1H3. The van der Waals surface area contributed by atoms with Gasteiger partial charge in [-0.05, 0) is 25.3 Å². The van der Waals surface area contributed by atoms with Crippen LogP contribution in [-0.2, 0) is 9.59 Å². The van der Waals surface area contributed by atoms with E-state index in [4.69, 9.17) is 0 Å². The third kappa shape index (κ3) is 3.91. The number of carbonyl (C=O) groups is 2. The number of nitrogens with zero attached hydrogens (tertiary/aromatic N) is 3. The number of piperazine rings is 1. The minimum Gasteiger partial charge on any atom is -0.340 e. The van der Waals surface area contributed by atoms with E-state index in [0.29, 0.717) is 17.6 Å². The van der Waals surface area contributed by atoms with E-state index in [0.717, 1.165) is 52.1 Å². The second kappa shape index (κ2) is 7.61. The molecule has 1 saturated carbocycles. The Morgan fingerprint density at radius 1 is 1.15 bits per heavy atom. The summed E-state index contributed by atoms with van der Waals surface area (Å²) in [6.07, 6.45) is 2.16. The number of rotatable bonds is 5. The number of benzene rings is 1. The minimum atomic E-state index is 0.139. The van der Waals surface area contributed by atoms with Crippen LogP contribution < -0.4 is 0 Å². The molecule has 0 N–H and O–H groups in total. The maximum atomic E-state index is 12.4. The van der Waals surface area contributed by atoms with Crippen LogP contribution in [0.4, 0.5) is 0 Å². The van der Waals surface area contributed by atoms with Crippen molar-refractivity contribution in [1.82, 2.24) is 14.7 Å². The van der Waals surface area contributed by atoms with E-state index in [9.17, 15) is 9.59 Å². The summed E-state index contributed by atoms with van der Waals surface area (Å²) in [7, 11) is 0. The highest BCUT2D eigenvalue weighted by Crippen LogP contribution is 2.38. The van der Waals surface area contributed by atoms with Gasteiger partial charge in [0.1, 0.15) is 5.37 Å². The van der Waals surface area contributed by atoms with Crippen LogP contribution >= 0.6 is 11.8 Å². The van der Waals surface area contributed by atoms with Crippen molar-refractivity contribution in [2.45, 2.75) is 25.1 Å². The monoisotopic (exact) mass is 373 g/mol. The molecule has 0 bridgehead atoms. The normalized spacial score (nSPS) is 24.3. The molecule has 1 atom stereocenters. The Labute approximate surface area is 159 Å². The summed E-state index contributed by atoms with van der Waals surface area (Å²) in [5.74, 6) is 1.48. The van der Waals surface area contributed by atoms with Gasteiger partial charge in [0, 0.05) is 45.2 Å². The highest BCUT2D eigenvalue weighted by Gasteiger charge is 2.35. The first-order chi connectivity index (χ1) is 12.6. The van der Waals surface area contributed by atoms with E-state index in [1.807, 2.05) is 9.80 Å². The average Bonchev–Trinajstić information content (AvgIpc) is 3.43. The Morgan fingerprint density at radius 2 is 1.92 bits per heavy atom. The van der Waals surface area contributed by atoms with Crippen molar-refractivity contribution in [3.63, 3.8) is 0 Å². The van der Waals surface area contributed by atoms with Gasteiger partial charge in [0.15, 0.2) is 0 Å². The number of carbonyl (C=O) groups excluding carboxylic acids is 2. The van der Waals surface area contributed by atoms with Crippen molar-refractivity contribution in [2.24, 2.45) is 5.92 Å². The van der Waals surface area contributed by atoms with Gasteiger partial charge in [-0.15, -0.1) is 11.8 Å². The first kappa shape index (κ1) is 17.9. The highest BCUT2D eigenvalue weighted by molar-refractivity contribution is 8.00. The van der Waals surface area contributed by atoms with E-state index in [2.05, 4.69) is 36.1 Å². The SMILES string of the molecule is Cc1cccc(C2SCC(=O)N2CCN2CCN(C(=O)C3CC3)CC2)c1. The summed E-state index contributed by atoms with van der Waals surface area (Å²) in [6, 6.07) is 8.48. The van der Waals surface area contributed by atoms with Crippen LogP contribution in [0.25, 0.3) is 0 Å². The summed E-state index contributed by atoms with van der Waals surface area (Å²) in [6.45, 7) is 7.25. The molecule has 0 radical (unpaired) electrons. The summed E-state index contributed by atoms with van der Waals surface area (Å²) in [4.78, 5) is 31.0. The Kier molecular flexibility index (Phi) is 5.23. The zero-order valence-electron chi connectivity index (χ0n) is 15.4. The van der Waals surface area contributed by atoms with Gasteiger partial charge in [0.25, 0.3) is 0 Å². The summed E-state index contributed by atoms with van der Waals surface area (Å²) < 4.78 is 0. The molecule has 3 fully saturated rings. The maximum absolute atomic E-state index is 12.4. The Bertz CT molecular complexity index is 683. The van der Waals surface area contributed by atoms with E-state index >= 15 is 0 Å². The van der Waals surface area contributed by atoms with Crippen LogP contribution in [0.2, 0.25) is 0 Å². The molecule has 2 saturated heterocycles. The molecule has 3 aliphatic rings. The van der Waals surface area contributed by atoms with Crippen LogP contribution in [0.1, 0.15) is 29.3 Å². The zero-order valence-corrected chi connectivity index (χ0v) is 16.2. The molecule has 1 aliphatic carbocycles. The molecule has 2 aliphatic heterocycles. The van der Waals surface area contributed by atoms with Crippen molar-refractivity contribution >= 4 is 23.6 Å². The Hall–Kier alpha value is -1.53. The van der Waals surface area contributed by atoms with E-state index in [1.165, 1.54) is 11.1 Å². The second-order valence-corrected chi connectivity index (χ2v) is 8.67. The fourth-order valence-electron chi connectivity index (χ4n) is 3.83. The van der Waals surface area contributed by atoms with Gasteiger partial charge in [-0.2, -0.15) is 0 Å². The van der Waals surface area contributed by atoms with Crippen LogP contribution in [0.15, 0.2) is 24.3 Å². The van der Waals surface area contributed by atoms with Gasteiger partial charge < -0.3 is 9.80 Å². The molecule has 1 unspecified atom stereocenters. The molecule has 2 heterocycles. The second-order valence-electron chi connectivity index (χ2n) is 7.61. The third-order valence-electron chi connectivity index (χ3n) is 5.56.